The van der Waals surface area contributed by atoms with Gasteiger partial charge in [-0.15, -0.1) is 0 Å². The summed E-state index contributed by atoms with van der Waals surface area (Å²) in [5, 5.41) is 0.0214. The molecule has 1 aliphatic rings. The highest BCUT2D eigenvalue weighted by Gasteiger charge is 2.49. The van der Waals surface area contributed by atoms with Gasteiger partial charge in [0.1, 0.15) is 11.5 Å². The fraction of sp³-hybridized carbons (Fsp3) is 0.167. The molecule has 2 amide bonds. The molecule has 140 valence electrons. The van der Waals surface area contributed by atoms with Gasteiger partial charge in [-0.25, -0.2) is 4.79 Å². The van der Waals surface area contributed by atoms with Crippen molar-refractivity contribution in [3.63, 3.8) is 0 Å². The van der Waals surface area contributed by atoms with Gasteiger partial charge in [0.25, 0.3) is 11.8 Å². The van der Waals surface area contributed by atoms with Gasteiger partial charge in [0.15, 0.2) is 0 Å². The van der Waals surface area contributed by atoms with E-state index in [-0.39, 0.29) is 27.7 Å². The Morgan fingerprint density at radius 1 is 0.963 bits per heavy atom. The Morgan fingerprint density at radius 2 is 1.56 bits per heavy atom. The molecule has 3 rings (SSSR count). The fourth-order valence-electron chi connectivity index (χ4n) is 2.56. The van der Waals surface area contributed by atoms with E-state index in [1.165, 1.54) is 43.5 Å². The molecule has 2 aromatic carbocycles. The number of nitrogens with zero attached hydrogens (tertiary/aromatic N) is 1. The van der Waals surface area contributed by atoms with E-state index in [1.807, 2.05) is 0 Å². The van der Waals surface area contributed by atoms with Crippen molar-refractivity contribution in [2.45, 2.75) is 5.92 Å². The molecule has 1 aliphatic heterocycles. The molecule has 7 nitrogen and oxygen atoms in total. The Morgan fingerprint density at radius 3 is 2.07 bits per heavy atom. The Balaban J connectivity index is 1.90. The highest BCUT2D eigenvalue weighted by Crippen LogP contribution is 2.39. The molecular weight excluding hydrogens is 364 g/mol. The molecule has 27 heavy (non-hydrogen) atoms. The third kappa shape index (κ3) is 2.97. The molecule has 0 spiro atoms. The molecule has 0 unspecified atom stereocenters. The third-order valence-electron chi connectivity index (χ3n) is 3.93. The van der Waals surface area contributed by atoms with Crippen molar-refractivity contribution < 1.29 is 37.5 Å². The second-order valence-corrected chi connectivity index (χ2v) is 5.47. The molecule has 0 fully saturated rings. The number of amides is 2. The van der Waals surface area contributed by atoms with E-state index >= 15 is 0 Å². The molecule has 2 aromatic rings. The minimum Gasteiger partial charge on any atom is -0.497 e. The zero-order chi connectivity index (χ0) is 19.8. The Bertz CT molecular complexity index is 908. The number of hydrogen-bond donors (Lipinski definition) is 0. The predicted molar refractivity (Wildman–Crippen MR) is 86.5 cm³/mol. The predicted octanol–water partition coefficient (Wildman–Crippen LogP) is 2.55. The van der Waals surface area contributed by atoms with Crippen LogP contribution < -0.4 is 9.47 Å². The van der Waals surface area contributed by atoms with Crippen LogP contribution in [0.15, 0.2) is 42.5 Å². The van der Waals surface area contributed by atoms with Crippen molar-refractivity contribution in [2.24, 2.45) is 0 Å². The molecule has 0 N–H and O–H groups in total. The lowest BCUT2D eigenvalue weighted by molar-refractivity contribution is -0.198. The monoisotopic (exact) mass is 377 g/mol. The van der Waals surface area contributed by atoms with Crippen LogP contribution in [-0.4, -0.2) is 37.1 Å². The van der Waals surface area contributed by atoms with Crippen molar-refractivity contribution in [3.05, 3.63) is 59.2 Å². The highest BCUT2D eigenvalue weighted by molar-refractivity contribution is 6.20. The maximum absolute atomic E-state index is 14.7. The summed E-state index contributed by atoms with van der Waals surface area (Å²) in [6.45, 7) is 0. The van der Waals surface area contributed by atoms with Crippen molar-refractivity contribution in [2.75, 3.05) is 14.2 Å². The molecule has 0 aliphatic carbocycles. The molecule has 0 saturated heterocycles. The van der Waals surface area contributed by atoms with Crippen molar-refractivity contribution in [1.29, 1.82) is 0 Å². The van der Waals surface area contributed by atoms with Crippen LogP contribution in [0.4, 0.5) is 8.78 Å². The minimum atomic E-state index is -4.21. The normalized spacial score (nSPS) is 13.4. The van der Waals surface area contributed by atoms with Gasteiger partial charge in [0.2, 0.25) is 0 Å². The highest BCUT2D eigenvalue weighted by atomic mass is 19.3. The molecule has 0 aromatic heterocycles. The van der Waals surface area contributed by atoms with Crippen LogP contribution in [0.5, 0.6) is 11.5 Å². The smallest absolute Gasteiger partial charge is 0.407 e. The number of ether oxygens (including phenoxy) is 2. The zero-order valence-corrected chi connectivity index (χ0v) is 14.2. The molecule has 0 saturated carbocycles. The number of halogens is 2. The van der Waals surface area contributed by atoms with Gasteiger partial charge in [-0.2, -0.15) is 8.78 Å². The summed E-state index contributed by atoms with van der Waals surface area (Å²) in [6, 6.07) is 9.10. The quantitative estimate of drug-likeness (QED) is 0.745. The maximum Gasteiger partial charge on any atom is 0.407 e. The average molecular weight is 377 g/mol. The standard InChI is InChI=1S/C18H13F2NO6/c1-25-10-7-8-14(26-2)13(9-10)18(19,20)17(24)27-21-15(22)11-5-3-4-6-12(11)16(21)23/h3-9H,1-2H3. The van der Waals surface area contributed by atoms with Gasteiger partial charge < -0.3 is 14.3 Å². The maximum atomic E-state index is 14.7. The number of benzene rings is 2. The van der Waals surface area contributed by atoms with Crippen LogP contribution in [0.1, 0.15) is 26.3 Å². The lowest BCUT2D eigenvalue weighted by atomic mass is 10.1. The Kier molecular flexibility index (Phi) is 4.52. The van der Waals surface area contributed by atoms with E-state index in [0.717, 1.165) is 13.2 Å². The number of carbonyl (C=O) groups is 3. The van der Waals surface area contributed by atoms with E-state index in [2.05, 4.69) is 4.84 Å². The van der Waals surface area contributed by atoms with Crippen LogP contribution in [0.3, 0.4) is 0 Å². The number of imide groups is 1. The number of rotatable bonds is 5. The van der Waals surface area contributed by atoms with E-state index in [0.29, 0.717) is 0 Å². The summed E-state index contributed by atoms with van der Waals surface area (Å²) >= 11 is 0. The van der Waals surface area contributed by atoms with E-state index in [1.54, 1.807) is 0 Å². The van der Waals surface area contributed by atoms with Gasteiger partial charge in [-0.1, -0.05) is 17.2 Å². The summed E-state index contributed by atoms with van der Waals surface area (Å²) in [5.74, 6) is -8.56. The van der Waals surface area contributed by atoms with E-state index in [4.69, 9.17) is 9.47 Å². The summed E-state index contributed by atoms with van der Waals surface area (Å²) in [6.07, 6.45) is 0. The van der Waals surface area contributed by atoms with Crippen molar-refractivity contribution >= 4 is 17.8 Å². The molecule has 0 bridgehead atoms. The number of hydroxylamine groups is 2. The van der Waals surface area contributed by atoms with Crippen LogP contribution in [0.2, 0.25) is 0 Å². The molecule has 0 radical (unpaired) electrons. The average Bonchev–Trinajstić information content (AvgIpc) is 2.92. The molecule has 0 atom stereocenters. The number of hydrogen-bond acceptors (Lipinski definition) is 6. The number of methoxy groups -OCH3 is 2. The van der Waals surface area contributed by atoms with Gasteiger partial charge in [0.05, 0.1) is 30.9 Å². The summed E-state index contributed by atoms with van der Waals surface area (Å²) in [5.41, 5.74) is -0.916. The topological polar surface area (TPSA) is 82.1 Å². The van der Waals surface area contributed by atoms with Gasteiger partial charge in [0, 0.05) is 0 Å². The molecule has 1 heterocycles. The van der Waals surface area contributed by atoms with Crippen LogP contribution in [0.25, 0.3) is 0 Å². The second kappa shape index (κ2) is 6.67. The minimum absolute atomic E-state index is 0.0214. The largest absolute Gasteiger partial charge is 0.497 e. The Labute approximate surface area is 152 Å². The van der Waals surface area contributed by atoms with Crippen LogP contribution in [-0.2, 0) is 15.6 Å². The fourth-order valence-corrected chi connectivity index (χ4v) is 2.56. The third-order valence-corrected chi connectivity index (χ3v) is 3.93. The summed E-state index contributed by atoms with van der Waals surface area (Å²) in [4.78, 5) is 40.9. The molecular formula is C18H13F2NO6. The lowest BCUT2D eigenvalue weighted by Gasteiger charge is -2.20. The van der Waals surface area contributed by atoms with Gasteiger partial charge >= 0.3 is 11.9 Å². The van der Waals surface area contributed by atoms with Crippen LogP contribution >= 0.6 is 0 Å². The van der Waals surface area contributed by atoms with Gasteiger partial charge in [-0.05, 0) is 30.3 Å². The zero-order valence-electron chi connectivity index (χ0n) is 14.2. The SMILES string of the molecule is COc1ccc(OC)c(C(F)(F)C(=O)ON2C(=O)c3ccccc3C2=O)c1. The first-order valence-corrected chi connectivity index (χ1v) is 7.61. The summed E-state index contributed by atoms with van der Waals surface area (Å²) in [7, 11) is 2.41. The first-order chi connectivity index (χ1) is 12.8. The van der Waals surface area contributed by atoms with Gasteiger partial charge in [-0.3, -0.25) is 9.59 Å². The lowest BCUT2D eigenvalue weighted by Crippen LogP contribution is -2.39. The number of alkyl halides is 2. The van der Waals surface area contributed by atoms with Crippen molar-refractivity contribution in [1.82, 2.24) is 5.06 Å². The second-order valence-electron chi connectivity index (χ2n) is 5.47. The first-order valence-electron chi connectivity index (χ1n) is 7.61. The molecule has 9 heteroatoms. The van der Waals surface area contributed by atoms with E-state index in [9.17, 15) is 23.2 Å². The number of fused-ring (bicyclic) bond motifs is 1. The van der Waals surface area contributed by atoms with Crippen molar-refractivity contribution in [3.8, 4) is 11.5 Å². The Hall–Kier alpha value is -3.49. The van der Waals surface area contributed by atoms with E-state index < -0.39 is 29.3 Å². The first kappa shape index (κ1) is 18.3. The van der Waals surface area contributed by atoms with Crippen LogP contribution in [0, 0.1) is 0 Å². The summed E-state index contributed by atoms with van der Waals surface area (Å²) < 4.78 is 39.1. The number of carbonyl (C=O) groups excluding carboxylic acids is 3.